The second kappa shape index (κ2) is 10.0. The van der Waals surface area contributed by atoms with Gasteiger partial charge in [0, 0.05) is 5.02 Å². The lowest BCUT2D eigenvalue weighted by molar-refractivity contribution is 0.0955. The van der Waals surface area contributed by atoms with Crippen LogP contribution in [0.2, 0.25) is 10.0 Å². The number of hydrazone groups is 1. The molecule has 7 heteroatoms. The second-order valence-corrected chi connectivity index (χ2v) is 6.28. The summed E-state index contributed by atoms with van der Waals surface area (Å²) in [5.74, 6) is 0.836. The van der Waals surface area contributed by atoms with Gasteiger partial charge in [0.1, 0.15) is 0 Å². The van der Waals surface area contributed by atoms with Crippen molar-refractivity contribution >= 4 is 35.3 Å². The molecule has 0 saturated carbocycles. The van der Waals surface area contributed by atoms with E-state index in [9.17, 15) is 4.79 Å². The number of rotatable bonds is 8. The molecule has 26 heavy (non-hydrogen) atoms. The first-order chi connectivity index (χ1) is 12.5. The van der Waals surface area contributed by atoms with Crippen molar-refractivity contribution in [2.75, 3.05) is 13.7 Å². The molecule has 0 radical (unpaired) electrons. The number of hydrogen-bond acceptors (Lipinski definition) is 4. The Balaban J connectivity index is 2.03. The van der Waals surface area contributed by atoms with Crippen LogP contribution < -0.4 is 14.9 Å². The zero-order chi connectivity index (χ0) is 18.9. The Morgan fingerprint density at radius 2 is 2.00 bits per heavy atom. The molecule has 138 valence electrons. The maximum Gasteiger partial charge on any atom is 0.272 e. The Hall–Kier alpha value is -2.24. The molecular weight excluding hydrogens is 375 g/mol. The van der Waals surface area contributed by atoms with Crippen LogP contribution in [-0.2, 0) is 0 Å². The highest BCUT2D eigenvalue weighted by Crippen LogP contribution is 2.27. The van der Waals surface area contributed by atoms with Crippen LogP contribution in [-0.4, -0.2) is 25.8 Å². The molecular formula is C19H20Cl2N2O3. The Morgan fingerprint density at radius 3 is 2.73 bits per heavy atom. The third-order valence-corrected chi connectivity index (χ3v) is 4.06. The summed E-state index contributed by atoms with van der Waals surface area (Å²) < 4.78 is 11.0. The first-order valence-electron chi connectivity index (χ1n) is 8.14. The number of unbranched alkanes of at least 4 members (excludes halogenated alkanes) is 1. The number of amides is 1. The summed E-state index contributed by atoms with van der Waals surface area (Å²) in [7, 11) is 1.58. The van der Waals surface area contributed by atoms with Crippen molar-refractivity contribution in [2.45, 2.75) is 19.8 Å². The van der Waals surface area contributed by atoms with Gasteiger partial charge < -0.3 is 9.47 Å². The van der Waals surface area contributed by atoms with E-state index in [1.165, 1.54) is 12.3 Å². The van der Waals surface area contributed by atoms with Gasteiger partial charge in [-0.1, -0.05) is 36.5 Å². The van der Waals surface area contributed by atoms with Crippen molar-refractivity contribution in [1.29, 1.82) is 0 Å². The minimum absolute atomic E-state index is 0.258. The topological polar surface area (TPSA) is 59.9 Å². The molecule has 5 nitrogen and oxygen atoms in total. The first-order valence-corrected chi connectivity index (χ1v) is 8.90. The van der Waals surface area contributed by atoms with E-state index in [0.717, 1.165) is 18.4 Å². The smallest absolute Gasteiger partial charge is 0.272 e. The second-order valence-electron chi connectivity index (χ2n) is 5.44. The molecule has 0 aliphatic carbocycles. The van der Waals surface area contributed by atoms with Crippen molar-refractivity contribution in [3.63, 3.8) is 0 Å². The van der Waals surface area contributed by atoms with Crippen LogP contribution in [0.15, 0.2) is 41.5 Å². The maximum atomic E-state index is 12.1. The van der Waals surface area contributed by atoms with E-state index < -0.39 is 5.91 Å². The lowest BCUT2D eigenvalue weighted by Gasteiger charge is -2.10. The van der Waals surface area contributed by atoms with E-state index >= 15 is 0 Å². The molecule has 0 bridgehead atoms. The maximum absolute atomic E-state index is 12.1. The Morgan fingerprint density at radius 1 is 1.19 bits per heavy atom. The molecule has 1 amide bonds. The normalized spacial score (nSPS) is 10.8. The number of carbonyl (C=O) groups is 1. The summed E-state index contributed by atoms with van der Waals surface area (Å²) in [6.07, 6.45) is 3.54. The summed E-state index contributed by atoms with van der Waals surface area (Å²) in [5.41, 5.74) is 3.43. The number of carbonyl (C=O) groups excluding carboxylic acids is 1. The molecule has 0 heterocycles. The predicted octanol–water partition coefficient (Wildman–Crippen LogP) is 4.94. The standard InChI is InChI=1S/C19H20Cl2N2O3/c1-3-4-9-26-17-8-5-13(10-18(17)25-2)12-22-23-19(24)15-11-14(20)6-7-16(15)21/h5-8,10-12H,3-4,9H2,1-2H3,(H,23,24)/b22-12-. The monoisotopic (exact) mass is 394 g/mol. The summed E-state index contributed by atoms with van der Waals surface area (Å²) in [6.45, 7) is 2.74. The van der Waals surface area contributed by atoms with Crippen molar-refractivity contribution in [3.05, 3.63) is 57.6 Å². The Bertz CT molecular complexity index is 794. The van der Waals surface area contributed by atoms with Gasteiger partial charge in [-0.15, -0.1) is 0 Å². The number of hydrogen-bond donors (Lipinski definition) is 1. The minimum Gasteiger partial charge on any atom is -0.493 e. The van der Waals surface area contributed by atoms with Crippen LogP contribution >= 0.6 is 23.2 Å². The summed E-state index contributed by atoms with van der Waals surface area (Å²) in [4.78, 5) is 12.1. The third kappa shape index (κ3) is 5.64. The Kier molecular flexibility index (Phi) is 7.75. The van der Waals surface area contributed by atoms with Crippen LogP contribution in [0, 0.1) is 0 Å². The van der Waals surface area contributed by atoms with Crippen molar-refractivity contribution < 1.29 is 14.3 Å². The summed E-state index contributed by atoms with van der Waals surface area (Å²) >= 11 is 11.9. The fourth-order valence-electron chi connectivity index (χ4n) is 2.11. The van der Waals surface area contributed by atoms with E-state index in [1.807, 2.05) is 12.1 Å². The fourth-order valence-corrected chi connectivity index (χ4v) is 2.48. The van der Waals surface area contributed by atoms with Crippen molar-refractivity contribution in [3.8, 4) is 11.5 Å². The molecule has 2 aromatic carbocycles. The zero-order valence-electron chi connectivity index (χ0n) is 14.6. The number of benzene rings is 2. The summed E-state index contributed by atoms with van der Waals surface area (Å²) in [5, 5.41) is 4.67. The van der Waals surface area contributed by atoms with Gasteiger partial charge in [-0.05, 0) is 48.4 Å². The highest BCUT2D eigenvalue weighted by atomic mass is 35.5. The van der Waals surface area contributed by atoms with Gasteiger partial charge in [0.25, 0.3) is 5.91 Å². The van der Waals surface area contributed by atoms with E-state index in [0.29, 0.717) is 28.2 Å². The van der Waals surface area contributed by atoms with E-state index in [1.54, 1.807) is 25.3 Å². The highest BCUT2D eigenvalue weighted by molar-refractivity contribution is 6.35. The third-order valence-electron chi connectivity index (χ3n) is 3.50. The molecule has 0 atom stereocenters. The van der Waals surface area contributed by atoms with Crippen molar-refractivity contribution in [1.82, 2.24) is 5.43 Å². The minimum atomic E-state index is -0.444. The molecule has 2 rings (SSSR count). The zero-order valence-corrected chi connectivity index (χ0v) is 16.1. The molecule has 0 aromatic heterocycles. The lowest BCUT2D eigenvalue weighted by atomic mass is 10.2. The Labute approximate surface area is 162 Å². The number of halogens is 2. The molecule has 0 spiro atoms. The van der Waals surface area contributed by atoms with Crippen LogP contribution in [0.5, 0.6) is 11.5 Å². The molecule has 0 unspecified atom stereocenters. The molecule has 0 saturated heterocycles. The highest BCUT2D eigenvalue weighted by Gasteiger charge is 2.10. The lowest BCUT2D eigenvalue weighted by Crippen LogP contribution is -2.18. The van der Waals surface area contributed by atoms with Crippen LogP contribution in [0.1, 0.15) is 35.7 Å². The number of nitrogens with zero attached hydrogens (tertiary/aromatic N) is 1. The van der Waals surface area contributed by atoms with Crippen LogP contribution in [0.4, 0.5) is 0 Å². The average molecular weight is 395 g/mol. The largest absolute Gasteiger partial charge is 0.493 e. The van der Waals surface area contributed by atoms with E-state index in [2.05, 4.69) is 17.5 Å². The SMILES string of the molecule is CCCCOc1ccc(/C=N\NC(=O)c2cc(Cl)ccc2Cl)cc1OC. The van der Waals surface area contributed by atoms with Gasteiger partial charge >= 0.3 is 0 Å². The van der Waals surface area contributed by atoms with Gasteiger partial charge in [0.2, 0.25) is 0 Å². The van der Waals surface area contributed by atoms with E-state index in [-0.39, 0.29) is 5.56 Å². The van der Waals surface area contributed by atoms with Gasteiger partial charge in [-0.2, -0.15) is 5.10 Å². The van der Waals surface area contributed by atoms with Crippen LogP contribution in [0.25, 0.3) is 0 Å². The van der Waals surface area contributed by atoms with Gasteiger partial charge in [0.15, 0.2) is 11.5 Å². The number of nitrogens with one attached hydrogen (secondary N) is 1. The number of methoxy groups -OCH3 is 1. The van der Waals surface area contributed by atoms with Crippen LogP contribution in [0.3, 0.4) is 0 Å². The molecule has 0 fully saturated rings. The van der Waals surface area contributed by atoms with Gasteiger partial charge in [-0.3, -0.25) is 4.79 Å². The van der Waals surface area contributed by atoms with Gasteiger partial charge in [0.05, 0.1) is 30.5 Å². The van der Waals surface area contributed by atoms with Gasteiger partial charge in [-0.25, -0.2) is 5.43 Å². The quantitative estimate of drug-likeness (QED) is 0.391. The first kappa shape index (κ1) is 20.1. The molecule has 2 aromatic rings. The van der Waals surface area contributed by atoms with E-state index in [4.69, 9.17) is 32.7 Å². The average Bonchev–Trinajstić information content (AvgIpc) is 2.64. The van der Waals surface area contributed by atoms with Crippen molar-refractivity contribution in [2.24, 2.45) is 5.10 Å². The molecule has 1 N–H and O–H groups in total. The predicted molar refractivity (Wildman–Crippen MR) is 105 cm³/mol. The molecule has 0 aliphatic heterocycles. The summed E-state index contributed by atoms with van der Waals surface area (Å²) in [6, 6.07) is 10.1. The number of ether oxygens (including phenoxy) is 2. The molecule has 0 aliphatic rings. The fraction of sp³-hybridized carbons (Fsp3) is 0.263.